The maximum Gasteiger partial charge on any atom is 0.293 e. The Morgan fingerprint density at radius 2 is 2.31 bits per heavy atom. The maximum atomic E-state index is 9.96. The number of hydrogen-bond acceptors (Lipinski definition) is 2. The van der Waals surface area contributed by atoms with Crippen LogP contribution in [0, 0.1) is 0 Å². The highest BCUT2D eigenvalue weighted by molar-refractivity contribution is 5.79. The minimum absolute atomic E-state index is 0.338. The van der Waals surface area contributed by atoms with Crippen molar-refractivity contribution in [3.05, 3.63) is 36.0 Å². The van der Waals surface area contributed by atoms with E-state index in [1.54, 1.807) is 0 Å². The summed E-state index contributed by atoms with van der Waals surface area (Å²) < 4.78 is 4.65. The Labute approximate surface area is 75.3 Å². The topological polar surface area (TPSA) is 42.1 Å². The smallest absolute Gasteiger partial charge is 0.293 e. The SMILES string of the molecule is O=COCc1ccc2[nH]ccc2c1. The second kappa shape index (κ2) is 3.31. The van der Waals surface area contributed by atoms with E-state index in [1.165, 1.54) is 0 Å². The van der Waals surface area contributed by atoms with E-state index in [-0.39, 0.29) is 0 Å². The zero-order valence-electron chi connectivity index (χ0n) is 6.99. The van der Waals surface area contributed by atoms with Crippen LogP contribution in [0.4, 0.5) is 0 Å². The zero-order valence-corrected chi connectivity index (χ0v) is 6.99. The standard InChI is InChI=1S/C10H9NO2/c12-7-13-6-8-1-2-10-9(5-8)3-4-11-10/h1-5,7,11H,6H2. The molecule has 1 aromatic heterocycles. The molecule has 0 spiro atoms. The molecule has 0 unspecified atom stereocenters. The van der Waals surface area contributed by atoms with Gasteiger partial charge in [-0.1, -0.05) is 6.07 Å². The fourth-order valence-electron chi connectivity index (χ4n) is 1.32. The van der Waals surface area contributed by atoms with Crippen molar-refractivity contribution in [2.24, 2.45) is 0 Å². The summed E-state index contributed by atoms with van der Waals surface area (Å²) in [4.78, 5) is 13.1. The molecule has 0 aliphatic carbocycles. The van der Waals surface area contributed by atoms with Crippen LogP contribution in [-0.4, -0.2) is 11.5 Å². The van der Waals surface area contributed by atoms with Crippen LogP contribution in [0.25, 0.3) is 10.9 Å². The number of rotatable bonds is 3. The van der Waals surface area contributed by atoms with E-state index < -0.39 is 0 Å². The minimum atomic E-state index is 0.338. The molecule has 1 aromatic carbocycles. The molecule has 0 aliphatic heterocycles. The van der Waals surface area contributed by atoms with Crippen LogP contribution in [0.5, 0.6) is 0 Å². The number of ether oxygens (including phenoxy) is 1. The summed E-state index contributed by atoms with van der Waals surface area (Å²) >= 11 is 0. The van der Waals surface area contributed by atoms with Gasteiger partial charge in [-0.15, -0.1) is 0 Å². The van der Waals surface area contributed by atoms with E-state index in [9.17, 15) is 4.79 Å². The second-order valence-electron chi connectivity index (χ2n) is 2.81. The first-order valence-corrected chi connectivity index (χ1v) is 4.01. The largest absolute Gasteiger partial charge is 0.463 e. The van der Waals surface area contributed by atoms with Crippen molar-refractivity contribution in [1.29, 1.82) is 0 Å². The highest BCUT2D eigenvalue weighted by Gasteiger charge is 1.96. The summed E-state index contributed by atoms with van der Waals surface area (Å²) in [7, 11) is 0. The molecule has 66 valence electrons. The van der Waals surface area contributed by atoms with Crippen LogP contribution in [0.1, 0.15) is 5.56 Å². The Kier molecular flexibility index (Phi) is 2.00. The van der Waals surface area contributed by atoms with Gasteiger partial charge in [0.25, 0.3) is 6.47 Å². The van der Waals surface area contributed by atoms with Crippen molar-refractivity contribution in [3.63, 3.8) is 0 Å². The molecule has 0 amide bonds. The first-order valence-electron chi connectivity index (χ1n) is 4.01. The summed E-state index contributed by atoms with van der Waals surface area (Å²) in [6.45, 7) is 0.798. The number of aromatic nitrogens is 1. The highest BCUT2D eigenvalue weighted by Crippen LogP contribution is 2.14. The van der Waals surface area contributed by atoms with E-state index >= 15 is 0 Å². The van der Waals surface area contributed by atoms with Gasteiger partial charge in [-0.3, -0.25) is 4.79 Å². The molecule has 3 nitrogen and oxygen atoms in total. The minimum Gasteiger partial charge on any atom is -0.463 e. The van der Waals surface area contributed by atoms with Crippen LogP contribution >= 0.6 is 0 Å². The predicted octanol–water partition coefficient (Wildman–Crippen LogP) is 1.84. The summed E-state index contributed by atoms with van der Waals surface area (Å²) in [5.41, 5.74) is 2.09. The van der Waals surface area contributed by atoms with Crippen LogP contribution < -0.4 is 0 Å². The van der Waals surface area contributed by atoms with E-state index in [1.807, 2.05) is 30.5 Å². The molecule has 13 heavy (non-hydrogen) atoms. The first kappa shape index (κ1) is 7.86. The number of carbonyl (C=O) groups is 1. The van der Waals surface area contributed by atoms with Crippen LogP contribution in [0.15, 0.2) is 30.5 Å². The quantitative estimate of drug-likeness (QED) is 0.723. The van der Waals surface area contributed by atoms with E-state index in [4.69, 9.17) is 0 Å². The summed E-state index contributed by atoms with van der Waals surface area (Å²) in [5, 5.41) is 1.13. The third-order valence-corrected chi connectivity index (χ3v) is 1.94. The number of aromatic amines is 1. The van der Waals surface area contributed by atoms with Crippen molar-refractivity contribution >= 4 is 17.4 Å². The predicted molar refractivity (Wildman–Crippen MR) is 49.2 cm³/mol. The van der Waals surface area contributed by atoms with Crippen molar-refractivity contribution in [2.75, 3.05) is 0 Å². The highest BCUT2D eigenvalue weighted by atomic mass is 16.5. The van der Waals surface area contributed by atoms with Crippen molar-refractivity contribution in [3.8, 4) is 0 Å². The van der Waals surface area contributed by atoms with E-state index in [2.05, 4.69) is 9.72 Å². The number of fused-ring (bicyclic) bond motifs is 1. The lowest BCUT2D eigenvalue weighted by Crippen LogP contribution is -1.89. The molecule has 0 bridgehead atoms. The number of benzene rings is 1. The van der Waals surface area contributed by atoms with Gasteiger partial charge < -0.3 is 9.72 Å². The summed E-state index contributed by atoms with van der Waals surface area (Å²) in [6.07, 6.45) is 1.88. The lowest BCUT2D eigenvalue weighted by molar-refractivity contribution is -0.129. The molecule has 0 saturated heterocycles. The van der Waals surface area contributed by atoms with Crippen LogP contribution in [0.3, 0.4) is 0 Å². The fraction of sp³-hybridized carbons (Fsp3) is 0.100. The normalized spacial score (nSPS) is 10.2. The Morgan fingerprint density at radius 1 is 1.38 bits per heavy atom. The van der Waals surface area contributed by atoms with Crippen molar-refractivity contribution in [2.45, 2.75) is 6.61 Å². The Bertz CT molecular complexity index is 420. The van der Waals surface area contributed by atoms with Gasteiger partial charge in [0.15, 0.2) is 0 Å². The lowest BCUT2D eigenvalue weighted by Gasteiger charge is -1.98. The van der Waals surface area contributed by atoms with Crippen molar-refractivity contribution in [1.82, 2.24) is 4.98 Å². The molecule has 0 radical (unpaired) electrons. The second-order valence-corrected chi connectivity index (χ2v) is 2.81. The van der Waals surface area contributed by atoms with Gasteiger partial charge in [0.2, 0.25) is 0 Å². The molecule has 0 fully saturated rings. The van der Waals surface area contributed by atoms with Crippen LogP contribution in [-0.2, 0) is 16.1 Å². The first-order chi connectivity index (χ1) is 6.40. The average molecular weight is 175 g/mol. The molecule has 1 heterocycles. The molecule has 0 saturated carbocycles. The van der Waals surface area contributed by atoms with Gasteiger partial charge >= 0.3 is 0 Å². The molecule has 2 aromatic rings. The van der Waals surface area contributed by atoms with Gasteiger partial charge in [-0.25, -0.2) is 0 Å². The molecule has 2 rings (SSSR count). The molecule has 0 atom stereocenters. The fourth-order valence-corrected chi connectivity index (χ4v) is 1.32. The Hall–Kier alpha value is -1.77. The number of carbonyl (C=O) groups excluding carboxylic acids is 1. The van der Waals surface area contributed by atoms with Gasteiger partial charge in [0, 0.05) is 11.7 Å². The van der Waals surface area contributed by atoms with E-state index in [0.29, 0.717) is 13.1 Å². The van der Waals surface area contributed by atoms with Gasteiger partial charge in [0.05, 0.1) is 0 Å². The third kappa shape index (κ3) is 1.54. The van der Waals surface area contributed by atoms with Gasteiger partial charge in [0.1, 0.15) is 6.61 Å². The third-order valence-electron chi connectivity index (χ3n) is 1.94. The molecular formula is C10H9NO2. The van der Waals surface area contributed by atoms with Crippen LogP contribution in [0.2, 0.25) is 0 Å². The van der Waals surface area contributed by atoms with Crippen molar-refractivity contribution < 1.29 is 9.53 Å². The summed E-state index contributed by atoms with van der Waals surface area (Å²) in [5.74, 6) is 0. The summed E-state index contributed by atoms with van der Waals surface area (Å²) in [6, 6.07) is 7.89. The van der Waals surface area contributed by atoms with Gasteiger partial charge in [-0.2, -0.15) is 0 Å². The maximum absolute atomic E-state index is 9.96. The average Bonchev–Trinajstić information content (AvgIpc) is 2.61. The number of hydrogen-bond donors (Lipinski definition) is 1. The van der Waals surface area contributed by atoms with Gasteiger partial charge in [-0.05, 0) is 29.1 Å². The zero-order chi connectivity index (χ0) is 9.10. The number of H-pyrrole nitrogens is 1. The molecule has 3 heteroatoms. The van der Waals surface area contributed by atoms with E-state index in [0.717, 1.165) is 16.5 Å². The lowest BCUT2D eigenvalue weighted by atomic mass is 10.2. The Balaban J connectivity index is 2.31. The molecular weight excluding hydrogens is 166 g/mol. The molecule has 1 N–H and O–H groups in total. The Morgan fingerprint density at radius 3 is 3.15 bits per heavy atom. The number of nitrogens with one attached hydrogen (secondary N) is 1. The monoisotopic (exact) mass is 175 g/mol. The molecule has 0 aliphatic rings.